The highest BCUT2D eigenvalue weighted by molar-refractivity contribution is 5.76. The van der Waals surface area contributed by atoms with E-state index in [1.165, 1.54) is 263 Å². The number of hydrogen-bond acceptors (Lipinski definition) is 5. The van der Waals surface area contributed by atoms with E-state index in [4.69, 9.17) is 4.74 Å². The number of rotatable bonds is 57. The lowest BCUT2D eigenvalue weighted by molar-refractivity contribution is -0.143. The number of carbonyl (C=O) groups excluding carboxylic acids is 2. The van der Waals surface area contributed by atoms with Crippen LogP contribution in [0.3, 0.4) is 0 Å². The van der Waals surface area contributed by atoms with Crippen molar-refractivity contribution < 1.29 is 24.5 Å². The number of aliphatic hydroxyl groups is 2. The molecular weight excluding hydrogens is 827 g/mol. The van der Waals surface area contributed by atoms with Gasteiger partial charge in [0.1, 0.15) is 0 Å². The average Bonchev–Trinajstić information content (AvgIpc) is 3.33. The second-order valence-corrected chi connectivity index (χ2v) is 21.0. The van der Waals surface area contributed by atoms with Gasteiger partial charge in [-0.15, -0.1) is 0 Å². The van der Waals surface area contributed by atoms with Crippen LogP contribution in [-0.2, 0) is 14.3 Å². The normalized spacial score (nSPS) is 12.6. The zero-order chi connectivity index (χ0) is 48.6. The summed E-state index contributed by atoms with van der Waals surface area (Å²) in [7, 11) is 0. The second kappa shape index (κ2) is 57.2. The lowest BCUT2D eigenvalue weighted by atomic mass is 10.0. The number of unbranched alkanes of at least 4 members (excludes halogenated alkanes) is 44. The predicted octanol–water partition coefficient (Wildman–Crippen LogP) is 18.9. The highest BCUT2D eigenvalue weighted by Gasteiger charge is 2.20. The van der Waals surface area contributed by atoms with Gasteiger partial charge in [0.05, 0.1) is 25.4 Å². The second-order valence-electron chi connectivity index (χ2n) is 21.0. The van der Waals surface area contributed by atoms with Gasteiger partial charge < -0.3 is 20.3 Å². The number of allylic oxidation sites excluding steroid dienone is 2. The van der Waals surface area contributed by atoms with Gasteiger partial charge in [-0.2, -0.15) is 0 Å². The first-order valence-corrected chi connectivity index (χ1v) is 30.4. The fourth-order valence-corrected chi connectivity index (χ4v) is 9.64. The van der Waals surface area contributed by atoms with Gasteiger partial charge in [0.25, 0.3) is 0 Å². The highest BCUT2D eigenvalue weighted by atomic mass is 16.5. The van der Waals surface area contributed by atoms with Gasteiger partial charge in [0.2, 0.25) is 5.91 Å². The minimum absolute atomic E-state index is 0.00460. The Balaban J connectivity index is 3.37. The van der Waals surface area contributed by atoms with Gasteiger partial charge in [0, 0.05) is 12.8 Å². The first kappa shape index (κ1) is 65.6. The van der Waals surface area contributed by atoms with Crippen LogP contribution in [-0.4, -0.2) is 47.4 Å². The van der Waals surface area contributed by atoms with Gasteiger partial charge >= 0.3 is 5.97 Å². The minimum Gasteiger partial charge on any atom is -0.466 e. The van der Waals surface area contributed by atoms with Crippen molar-refractivity contribution in [3.8, 4) is 0 Å². The van der Waals surface area contributed by atoms with E-state index >= 15 is 0 Å². The molecule has 0 spiro atoms. The molecule has 0 aromatic rings. The van der Waals surface area contributed by atoms with E-state index in [9.17, 15) is 19.8 Å². The quantitative estimate of drug-likeness (QED) is 0.0321. The van der Waals surface area contributed by atoms with Crippen molar-refractivity contribution in [2.24, 2.45) is 0 Å². The molecule has 2 atom stereocenters. The van der Waals surface area contributed by atoms with Crippen LogP contribution in [0.15, 0.2) is 12.2 Å². The Morgan fingerprint density at radius 2 is 0.701 bits per heavy atom. The Labute approximate surface area is 419 Å². The molecule has 0 heterocycles. The molecule has 0 radical (unpaired) electrons. The molecule has 0 aromatic carbocycles. The zero-order valence-electron chi connectivity index (χ0n) is 45.4. The molecule has 0 aliphatic rings. The minimum atomic E-state index is -0.663. The molecule has 0 fully saturated rings. The highest BCUT2D eigenvalue weighted by Crippen LogP contribution is 2.18. The molecule has 0 rings (SSSR count). The molecule has 0 aliphatic heterocycles. The van der Waals surface area contributed by atoms with E-state index in [1.54, 1.807) is 0 Å². The fraction of sp³-hybridized carbons (Fsp3) is 0.934. The Morgan fingerprint density at radius 1 is 0.403 bits per heavy atom. The molecule has 6 heteroatoms. The molecule has 0 aliphatic carbocycles. The molecule has 1 amide bonds. The summed E-state index contributed by atoms with van der Waals surface area (Å²) in [5.74, 6) is -0.0283. The van der Waals surface area contributed by atoms with Crippen LogP contribution in [0.5, 0.6) is 0 Å². The fourth-order valence-electron chi connectivity index (χ4n) is 9.64. The van der Waals surface area contributed by atoms with Gasteiger partial charge in [0.15, 0.2) is 0 Å². The van der Waals surface area contributed by atoms with Gasteiger partial charge in [-0.1, -0.05) is 289 Å². The first-order valence-electron chi connectivity index (χ1n) is 30.4. The molecule has 0 saturated heterocycles. The Hall–Kier alpha value is -1.40. The van der Waals surface area contributed by atoms with Crippen LogP contribution in [0.1, 0.15) is 341 Å². The van der Waals surface area contributed by atoms with E-state index in [0.29, 0.717) is 25.9 Å². The third kappa shape index (κ3) is 53.8. The number of carbonyl (C=O) groups is 2. The van der Waals surface area contributed by atoms with Crippen LogP contribution >= 0.6 is 0 Å². The maximum atomic E-state index is 12.5. The SMILES string of the molecule is CCCCCC/C=C\CCCCCCCC(=O)OCCCCCCCCCCCCCCCCCCCCCCCCC(=O)NC(CO)C(O)CCCCCCCCCCCCCCCCC. The summed E-state index contributed by atoms with van der Waals surface area (Å²) in [6.45, 7) is 4.95. The van der Waals surface area contributed by atoms with E-state index in [-0.39, 0.29) is 18.5 Å². The standard InChI is InChI=1S/C61H119NO5/c1-3-5-7-9-11-13-15-17-26-30-33-37-41-45-49-53-59(64)58(57-63)62-60(65)54-50-46-42-38-34-31-27-24-22-20-18-19-21-23-25-28-32-36-40-44-48-52-56-67-61(66)55-51-47-43-39-35-29-16-14-12-10-8-6-4-2/h14,16,58-59,63-64H,3-13,15,17-57H2,1-2H3,(H,62,65)/b16-14-. The first-order chi connectivity index (χ1) is 33.0. The number of nitrogens with one attached hydrogen (secondary N) is 1. The summed E-state index contributed by atoms with van der Waals surface area (Å²) in [6, 6.07) is -0.540. The smallest absolute Gasteiger partial charge is 0.305 e. The Morgan fingerprint density at radius 3 is 1.07 bits per heavy atom. The van der Waals surface area contributed by atoms with Gasteiger partial charge in [-0.3, -0.25) is 9.59 Å². The van der Waals surface area contributed by atoms with Crippen molar-refractivity contribution in [1.82, 2.24) is 5.32 Å². The Kier molecular flexibility index (Phi) is 56.0. The average molecular weight is 947 g/mol. The molecule has 0 saturated carbocycles. The molecule has 3 N–H and O–H groups in total. The summed E-state index contributed by atoms with van der Waals surface area (Å²) >= 11 is 0. The summed E-state index contributed by atoms with van der Waals surface area (Å²) in [6.07, 6.45) is 67.8. The number of aliphatic hydroxyl groups excluding tert-OH is 2. The molecule has 2 unspecified atom stereocenters. The van der Waals surface area contributed by atoms with Crippen molar-refractivity contribution in [3.05, 3.63) is 12.2 Å². The Bertz CT molecular complexity index is 1000. The van der Waals surface area contributed by atoms with Crippen molar-refractivity contribution >= 4 is 11.9 Å². The van der Waals surface area contributed by atoms with Crippen molar-refractivity contribution in [1.29, 1.82) is 0 Å². The summed E-state index contributed by atoms with van der Waals surface area (Å²) in [5, 5.41) is 23.3. The summed E-state index contributed by atoms with van der Waals surface area (Å²) in [5.41, 5.74) is 0. The maximum Gasteiger partial charge on any atom is 0.305 e. The largest absolute Gasteiger partial charge is 0.466 e. The summed E-state index contributed by atoms with van der Waals surface area (Å²) in [4.78, 5) is 24.5. The van der Waals surface area contributed by atoms with Crippen LogP contribution in [0.2, 0.25) is 0 Å². The number of ether oxygens (including phenoxy) is 1. The van der Waals surface area contributed by atoms with Crippen molar-refractivity contribution in [3.63, 3.8) is 0 Å². The van der Waals surface area contributed by atoms with E-state index < -0.39 is 12.1 Å². The van der Waals surface area contributed by atoms with E-state index in [1.807, 2.05) is 0 Å². The van der Waals surface area contributed by atoms with Gasteiger partial charge in [-0.25, -0.2) is 0 Å². The van der Waals surface area contributed by atoms with Crippen LogP contribution in [0, 0.1) is 0 Å². The monoisotopic (exact) mass is 946 g/mol. The molecular formula is C61H119NO5. The van der Waals surface area contributed by atoms with E-state index in [0.717, 1.165) is 44.9 Å². The number of amides is 1. The third-order valence-electron chi connectivity index (χ3n) is 14.3. The molecule has 0 aromatic heterocycles. The lowest BCUT2D eigenvalue weighted by Gasteiger charge is -2.22. The third-order valence-corrected chi connectivity index (χ3v) is 14.3. The molecule has 6 nitrogen and oxygen atoms in total. The van der Waals surface area contributed by atoms with Crippen LogP contribution in [0.25, 0.3) is 0 Å². The molecule has 398 valence electrons. The zero-order valence-corrected chi connectivity index (χ0v) is 45.4. The lowest BCUT2D eigenvalue weighted by Crippen LogP contribution is -2.45. The van der Waals surface area contributed by atoms with Crippen LogP contribution in [0.4, 0.5) is 0 Å². The van der Waals surface area contributed by atoms with Gasteiger partial charge in [-0.05, 0) is 51.4 Å². The molecule has 0 bridgehead atoms. The van der Waals surface area contributed by atoms with Crippen molar-refractivity contribution in [2.75, 3.05) is 13.2 Å². The van der Waals surface area contributed by atoms with E-state index in [2.05, 4.69) is 31.3 Å². The number of hydrogen-bond donors (Lipinski definition) is 3. The number of esters is 1. The van der Waals surface area contributed by atoms with Crippen molar-refractivity contribution in [2.45, 2.75) is 353 Å². The molecule has 67 heavy (non-hydrogen) atoms. The maximum absolute atomic E-state index is 12.5. The van der Waals surface area contributed by atoms with Crippen LogP contribution < -0.4 is 5.32 Å². The summed E-state index contributed by atoms with van der Waals surface area (Å²) < 4.78 is 5.47. The predicted molar refractivity (Wildman–Crippen MR) is 292 cm³/mol. The topological polar surface area (TPSA) is 95.9 Å².